The highest BCUT2D eigenvalue weighted by atomic mass is 32.2. The van der Waals surface area contributed by atoms with E-state index in [1.807, 2.05) is 26.0 Å². The van der Waals surface area contributed by atoms with Gasteiger partial charge in [0.1, 0.15) is 23.8 Å². The van der Waals surface area contributed by atoms with Crippen molar-refractivity contribution in [2.45, 2.75) is 101 Å². The van der Waals surface area contributed by atoms with E-state index < -0.39 is 62.5 Å². The Morgan fingerprint density at radius 1 is 0.980 bits per heavy atom. The van der Waals surface area contributed by atoms with Gasteiger partial charge in [0.15, 0.2) is 9.84 Å². The van der Waals surface area contributed by atoms with Crippen molar-refractivity contribution >= 4 is 21.7 Å². The molecular weight excluding hydrogens is 650 g/mol. The largest absolute Gasteiger partial charge is 0.458 e. The Balaban J connectivity index is 1.62. The fourth-order valence-electron chi connectivity index (χ4n) is 6.14. The summed E-state index contributed by atoms with van der Waals surface area (Å²) in [6.07, 6.45) is 6.35. The summed E-state index contributed by atoms with van der Waals surface area (Å²) in [7, 11) is -3.86. The van der Waals surface area contributed by atoms with Gasteiger partial charge in [0.25, 0.3) is 5.91 Å². The van der Waals surface area contributed by atoms with Crippen LogP contribution in [-0.2, 0) is 37.7 Å². The number of rotatable bonds is 19. The second-order valence-corrected chi connectivity index (χ2v) is 15.3. The van der Waals surface area contributed by atoms with Crippen LogP contribution >= 0.6 is 0 Å². The zero-order valence-corrected chi connectivity index (χ0v) is 29.3. The van der Waals surface area contributed by atoms with Crippen molar-refractivity contribution in [2.24, 2.45) is 5.73 Å². The summed E-state index contributed by atoms with van der Waals surface area (Å²) in [5.74, 6) is -3.86. The highest BCUT2D eigenvalue weighted by Gasteiger charge is 2.45. The van der Waals surface area contributed by atoms with Crippen LogP contribution in [-0.4, -0.2) is 61.0 Å². The summed E-state index contributed by atoms with van der Waals surface area (Å²) in [6, 6.07) is 11.9. The number of hydrogen-bond acceptors (Lipinski definition) is 8. The van der Waals surface area contributed by atoms with E-state index in [1.54, 1.807) is 6.07 Å². The third kappa shape index (κ3) is 10.6. The fourth-order valence-corrected chi connectivity index (χ4v) is 8.29. The van der Waals surface area contributed by atoms with Gasteiger partial charge in [0.05, 0.1) is 16.6 Å². The lowest BCUT2D eigenvalue weighted by Crippen LogP contribution is -2.53. The molecule has 3 atom stereocenters. The van der Waals surface area contributed by atoms with E-state index in [2.05, 4.69) is 34.7 Å². The topological polar surface area (TPSA) is 140 Å². The van der Waals surface area contributed by atoms with Gasteiger partial charge in [-0.25, -0.2) is 22.0 Å². The van der Waals surface area contributed by atoms with Crippen molar-refractivity contribution < 1.29 is 31.5 Å². The standard InChI is InChI=1S/C37H48F2N4O5S/c1-4-9-31(10-5-2)49(46,47)24-33(43-35(44)27-12-8-16-41-22-27)36(45)48-34(32(40)20-26-18-29(38)21-30(39)19-26)23-42-37(14-15-37)28-13-7-11-25(6-3)17-28/h7-8,11-13,16-19,21-22,31-34,42H,4-6,9-10,14-15,20,23-24,40H2,1-3H3,(H,43,44)/t32-,33+,34+/m0/s1. The molecule has 266 valence electrons. The molecule has 12 heteroatoms. The van der Waals surface area contributed by atoms with Crippen molar-refractivity contribution in [3.8, 4) is 0 Å². The third-order valence-corrected chi connectivity index (χ3v) is 11.3. The van der Waals surface area contributed by atoms with E-state index in [-0.39, 0.29) is 29.6 Å². The van der Waals surface area contributed by atoms with Crippen LogP contribution in [0.15, 0.2) is 67.0 Å². The predicted octanol–water partition coefficient (Wildman–Crippen LogP) is 5.16. The van der Waals surface area contributed by atoms with E-state index in [0.717, 1.165) is 30.9 Å². The highest BCUT2D eigenvalue weighted by Crippen LogP contribution is 2.45. The minimum atomic E-state index is -3.86. The lowest BCUT2D eigenvalue weighted by Gasteiger charge is -2.30. The first-order chi connectivity index (χ1) is 23.4. The summed E-state index contributed by atoms with van der Waals surface area (Å²) >= 11 is 0. The molecular formula is C37H48F2N4O5S. The number of carbonyl (C=O) groups is 2. The first kappa shape index (κ1) is 38.1. The number of nitrogens with one attached hydrogen (secondary N) is 2. The normalized spacial score (nSPS) is 15.7. The molecule has 0 unspecified atom stereocenters. The maximum absolute atomic E-state index is 14.1. The highest BCUT2D eigenvalue weighted by molar-refractivity contribution is 7.92. The zero-order chi connectivity index (χ0) is 35.6. The van der Waals surface area contributed by atoms with Gasteiger partial charge in [0, 0.05) is 36.6 Å². The molecule has 49 heavy (non-hydrogen) atoms. The zero-order valence-electron chi connectivity index (χ0n) is 28.5. The molecule has 1 fully saturated rings. The maximum Gasteiger partial charge on any atom is 0.330 e. The van der Waals surface area contributed by atoms with E-state index >= 15 is 0 Å². The number of nitrogens with zero attached hydrogens (tertiary/aromatic N) is 1. The first-order valence-electron chi connectivity index (χ1n) is 17.1. The molecule has 9 nitrogen and oxygen atoms in total. The molecule has 4 N–H and O–H groups in total. The first-order valence-corrected chi connectivity index (χ1v) is 18.8. The van der Waals surface area contributed by atoms with Crippen molar-refractivity contribution in [1.82, 2.24) is 15.6 Å². The van der Waals surface area contributed by atoms with E-state index in [9.17, 15) is 26.8 Å². The quantitative estimate of drug-likeness (QED) is 0.146. The van der Waals surface area contributed by atoms with Gasteiger partial charge >= 0.3 is 5.97 Å². The van der Waals surface area contributed by atoms with Crippen LogP contribution in [0.5, 0.6) is 0 Å². The predicted molar refractivity (Wildman–Crippen MR) is 186 cm³/mol. The molecule has 1 amide bonds. The van der Waals surface area contributed by atoms with E-state index in [0.29, 0.717) is 25.7 Å². The molecule has 0 radical (unpaired) electrons. The number of hydrogen-bond donors (Lipinski definition) is 3. The molecule has 1 aliphatic rings. The summed E-state index contributed by atoms with van der Waals surface area (Å²) in [5.41, 5.74) is 8.91. The summed E-state index contributed by atoms with van der Waals surface area (Å²) in [4.78, 5) is 31.1. The summed E-state index contributed by atoms with van der Waals surface area (Å²) < 4.78 is 61.5. The van der Waals surface area contributed by atoms with Crippen molar-refractivity contribution in [3.63, 3.8) is 0 Å². The van der Waals surface area contributed by atoms with Gasteiger partial charge in [0.2, 0.25) is 0 Å². The Bertz CT molecular complexity index is 1640. The van der Waals surface area contributed by atoms with E-state index in [1.165, 1.54) is 36.2 Å². The fraction of sp³-hybridized carbons (Fsp3) is 0.486. The van der Waals surface area contributed by atoms with Crippen molar-refractivity contribution in [3.05, 3.63) is 101 Å². The SMILES string of the molecule is CCCC(CCC)S(=O)(=O)C[C@@H](NC(=O)c1cccnc1)C(=O)O[C@H](CNC1(c2cccc(CC)c2)CC1)[C@@H](N)Cc1cc(F)cc(F)c1. The molecule has 1 aromatic heterocycles. The number of sulfone groups is 1. The Kier molecular flexibility index (Phi) is 13.4. The molecule has 2 aromatic carbocycles. The minimum absolute atomic E-state index is 0.0350. The average Bonchev–Trinajstić information content (AvgIpc) is 3.87. The number of halogens is 2. The molecule has 1 heterocycles. The van der Waals surface area contributed by atoms with Crippen LogP contribution in [0.3, 0.4) is 0 Å². The number of nitrogens with two attached hydrogens (primary N) is 1. The summed E-state index contributed by atoms with van der Waals surface area (Å²) in [5, 5.41) is 5.40. The Morgan fingerprint density at radius 3 is 2.27 bits per heavy atom. The molecule has 0 spiro atoms. The number of benzene rings is 2. The van der Waals surface area contributed by atoms with Gasteiger partial charge in [-0.2, -0.15) is 0 Å². The molecule has 4 rings (SSSR count). The van der Waals surface area contributed by atoms with Crippen LogP contribution in [0.25, 0.3) is 0 Å². The Labute approximate surface area is 288 Å². The maximum atomic E-state index is 14.1. The number of aryl methyl sites for hydroxylation is 1. The second-order valence-electron chi connectivity index (χ2n) is 12.9. The molecule has 1 saturated carbocycles. The van der Waals surface area contributed by atoms with Gasteiger partial charge in [-0.1, -0.05) is 57.9 Å². The molecule has 0 bridgehead atoms. The second kappa shape index (κ2) is 17.3. The smallest absolute Gasteiger partial charge is 0.330 e. The van der Waals surface area contributed by atoms with Gasteiger partial charge in [-0.3, -0.25) is 9.78 Å². The number of esters is 1. The van der Waals surface area contributed by atoms with Gasteiger partial charge in [-0.15, -0.1) is 0 Å². The van der Waals surface area contributed by atoms with Crippen LogP contribution in [0, 0.1) is 11.6 Å². The lowest BCUT2D eigenvalue weighted by molar-refractivity contribution is -0.151. The van der Waals surface area contributed by atoms with Gasteiger partial charge in [-0.05, 0) is 79.5 Å². The number of aromatic nitrogens is 1. The van der Waals surface area contributed by atoms with Crippen molar-refractivity contribution in [1.29, 1.82) is 0 Å². The molecule has 1 aliphatic carbocycles. The van der Waals surface area contributed by atoms with Crippen LogP contribution in [0.2, 0.25) is 0 Å². The molecule has 3 aromatic rings. The number of ether oxygens (including phenoxy) is 1. The average molecular weight is 699 g/mol. The minimum Gasteiger partial charge on any atom is -0.458 e. The lowest BCUT2D eigenvalue weighted by atomic mass is 9.98. The molecule has 0 saturated heterocycles. The van der Waals surface area contributed by atoms with Crippen LogP contribution in [0.1, 0.15) is 86.3 Å². The van der Waals surface area contributed by atoms with Crippen molar-refractivity contribution in [2.75, 3.05) is 12.3 Å². The van der Waals surface area contributed by atoms with Gasteiger partial charge < -0.3 is 21.1 Å². The summed E-state index contributed by atoms with van der Waals surface area (Å²) in [6.45, 7) is 5.93. The van der Waals surface area contributed by atoms with Crippen LogP contribution < -0.4 is 16.4 Å². The monoisotopic (exact) mass is 698 g/mol. The number of pyridine rings is 1. The Morgan fingerprint density at radius 2 is 1.67 bits per heavy atom. The molecule has 0 aliphatic heterocycles. The van der Waals surface area contributed by atoms with Crippen LogP contribution in [0.4, 0.5) is 8.78 Å². The third-order valence-electron chi connectivity index (χ3n) is 9.06. The Hall–Kier alpha value is -3.74. The van der Waals surface area contributed by atoms with E-state index in [4.69, 9.17) is 10.5 Å². The number of carbonyl (C=O) groups excluding carboxylic acids is 2. The number of amides is 1.